The molecule has 0 saturated heterocycles. The smallest absolute Gasteiger partial charge is 0.223 e. The van der Waals surface area contributed by atoms with Crippen LogP contribution in [0.5, 0.6) is 0 Å². The number of nitrogens with two attached hydrogens (primary N) is 1. The van der Waals surface area contributed by atoms with Gasteiger partial charge in [0.25, 0.3) is 0 Å². The Balaban J connectivity index is 2.12. The largest absolute Gasteiger partial charge is 0.388 e. The van der Waals surface area contributed by atoms with Crippen LogP contribution in [0.4, 0.5) is 5.95 Å². The molecule has 2 heterocycles. The summed E-state index contributed by atoms with van der Waals surface area (Å²) in [6.45, 7) is 2.50. The topological polar surface area (TPSA) is 76.7 Å². The minimum atomic E-state index is 0.271. The summed E-state index contributed by atoms with van der Waals surface area (Å²) < 4.78 is 0. The van der Waals surface area contributed by atoms with Crippen LogP contribution in [-0.2, 0) is 6.54 Å². The predicted octanol–water partition coefficient (Wildman–Crippen LogP) is 1.43. The summed E-state index contributed by atoms with van der Waals surface area (Å²) in [6.07, 6.45) is 3.49. The summed E-state index contributed by atoms with van der Waals surface area (Å²) >= 11 is 4.91. The van der Waals surface area contributed by atoms with Crippen molar-refractivity contribution in [1.29, 1.82) is 0 Å². The zero-order chi connectivity index (χ0) is 13.0. The molecule has 0 unspecified atom stereocenters. The molecule has 0 saturated carbocycles. The number of anilines is 1. The van der Waals surface area contributed by atoms with Crippen molar-refractivity contribution in [3.05, 3.63) is 47.5 Å². The third-order valence-electron chi connectivity index (χ3n) is 2.31. The quantitative estimate of drug-likeness (QED) is 0.809. The Morgan fingerprint density at radius 2 is 2.06 bits per heavy atom. The number of thiocarbonyl (C=S) groups is 1. The second-order valence-electron chi connectivity index (χ2n) is 3.79. The molecule has 2 aromatic heterocycles. The fourth-order valence-electron chi connectivity index (χ4n) is 1.46. The van der Waals surface area contributed by atoms with Gasteiger partial charge in [0.15, 0.2) is 0 Å². The van der Waals surface area contributed by atoms with Gasteiger partial charge in [-0.05, 0) is 30.7 Å². The van der Waals surface area contributed by atoms with Crippen LogP contribution in [0.25, 0.3) is 0 Å². The Morgan fingerprint density at radius 1 is 1.33 bits per heavy atom. The molecule has 2 rings (SSSR count). The predicted molar refractivity (Wildman–Crippen MR) is 74.2 cm³/mol. The van der Waals surface area contributed by atoms with Crippen LogP contribution in [0.15, 0.2) is 30.6 Å². The summed E-state index contributed by atoms with van der Waals surface area (Å²) in [5.41, 5.74) is 8.07. The van der Waals surface area contributed by atoms with Crippen molar-refractivity contribution >= 4 is 23.2 Å². The van der Waals surface area contributed by atoms with Crippen LogP contribution in [0.2, 0.25) is 0 Å². The number of hydrogen-bond donors (Lipinski definition) is 2. The van der Waals surface area contributed by atoms with Gasteiger partial charge in [-0.15, -0.1) is 0 Å². The lowest BCUT2D eigenvalue weighted by atomic mass is 10.3. The van der Waals surface area contributed by atoms with Crippen molar-refractivity contribution in [2.24, 2.45) is 5.73 Å². The minimum Gasteiger partial charge on any atom is -0.388 e. The van der Waals surface area contributed by atoms with Crippen molar-refractivity contribution < 1.29 is 0 Å². The highest BCUT2D eigenvalue weighted by atomic mass is 32.1. The second kappa shape index (κ2) is 5.50. The summed E-state index contributed by atoms with van der Waals surface area (Å²) in [5.74, 6) is 0.523. The highest BCUT2D eigenvalue weighted by Gasteiger charge is 2.04. The SMILES string of the molecule is Cc1cc(C(N)=S)nc(NCc2ccncc2)n1. The molecule has 18 heavy (non-hydrogen) atoms. The normalized spacial score (nSPS) is 10.1. The summed E-state index contributed by atoms with van der Waals surface area (Å²) in [4.78, 5) is 12.8. The van der Waals surface area contributed by atoms with Gasteiger partial charge in [0.2, 0.25) is 5.95 Å². The molecular weight excluding hydrogens is 246 g/mol. The standard InChI is InChI=1S/C12H13N5S/c1-8-6-10(11(13)18)17-12(16-8)15-7-9-2-4-14-5-3-9/h2-6H,7H2,1H3,(H2,13,18)(H,15,16,17). The van der Waals surface area contributed by atoms with Gasteiger partial charge in [-0.25, -0.2) is 9.97 Å². The molecule has 0 radical (unpaired) electrons. The molecule has 0 fully saturated rings. The molecule has 0 aliphatic heterocycles. The van der Waals surface area contributed by atoms with Gasteiger partial charge < -0.3 is 11.1 Å². The van der Waals surface area contributed by atoms with Crippen molar-refractivity contribution in [1.82, 2.24) is 15.0 Å². The van der Waals surface area contributed by atoms with E-state index in [1.54, 1.807) is 18.5 Å². The first-order chi connectivity index (χ1) is 8.65. The van der Waals surface area contributed by atoms with Crippen LogP contribution >= 0.6 is 12.2 Å². The Bertz CT molecular complexity index is 556. The van der Waals surface area contributed by atoms with Crippen molar-refractivity contribution in [2.45, 2.75) is 13.5 Å². The minimum absolute atomic E-state index is 0.271. The van der Waals surface area contributed by atoms with E-state index < -0.39 is 0 Å². The zero-order valence-electron chi connectivity index (χ0n) is 9.92. The summed E-state index contributed by atoms with van der Waals surface area (Å²) in [7, 11) is 0. The van der Waals surface area contributed by atoms with E-state index in [0.29, 0.717) is 18.2 Å². The highest BCUT2D eigenvalue weighted by Crippen LogP contribution is 2.07. The van der Waals surface area contributed by atoms with Crippen LogP contribution < -0.4 is 11.1 Å². The van der Waals surface area contributed by atoms with Gasteiger partial charge >= 0.3 is 0 Å². The van der Waals surface area contributed by atoms with Crippen molar-refractivity contribution in [3.8, 4) is 0 Å². The lowest BCUT2D eigenvalue weighted by molar-refractivity contribution is 1.02. The number of hydrogen-bond acceptors (Lipinski definition) is 5. The van der Waals surface area contributed by atoms with Crippen molar-refractivity contribution in [2.75, 3.05) is 5.32 Å². The first-order valence-corrected chi connectivity index (χ1v) is 5.84. The summed E-state index contributed by atoms with van der Waals surface area (Å²) in [6, 6.07) is 5.62. The lowest BCUT2D eigenvalue weighted by Crippen LogP contribution is -2.14. The average Bonchev–Trinajstić information content (AvgIpc) is 2.37. The van der Waals surface area contributed by atoms with E-state index in [0.717, 1.165) is 11.3 Å². The third kappa shape index (κ3) is 3.21. The van der Waals surface area contributed by atoms with E-state index in [4.69, 9.17) is 18.0 Å². The fourth-order valence-corrected chi connectivity index (χ4v) is 1.56. The van der Waals surface area contributed by atoms with E-state index in [-0.39, 0.29) is 4.99 Å². The van der Waals surface area contributed by atoms with E-state index >= 15 is 0 Å². The highest BCUT2D eigenvalue weighted by molar-refractivity contribution is 7.80. The maximum Gasteiger partial charge on any atom is 0.223 e. The summed E-state index contributed by atoms with van der Waals surface area (Å²) in [5, 5.41) is 3.13. The van der Waals surface area contributed by atoms with Crippen molar-refractivity contribution in [3.63, 3.8) is 0 Å². The molecule has 5 nitrogen and oxygen atoms in total. The molecule has 0 amide bonds. The number of pyridine rings is 1. The van der Waals surface area contributed by atoms with Gasteiger partial charge in [-0.1, -0.05) is 12.2 Å². The zero-order valence-corrected chi connectivity index (χ0v) is 10.7. The molecular formula is C12H13N5S. The van der Waals surface area contributed by atoms with Gasteiger partial charge in [-0.2, -0.15) is 0 Å². The van der Waals surface area contributed by atoms with Crippen LogP contribution in [0.3, 0.4) is 0 Å². The lowest BCUT2D eigenvalue weighted by Gasteiger charge is -2.07. The molecule has 0 atom stereocenters. The van der Waals surface area contributed by atoms with Gasteiger partial charge in [0, 0.05) is 24.6 Å². The Morgan fingerprint density at radius 3 is 2.72 bits per heavy atom. The fraction of sp³-hybridized carbons (Fsp3) is 0.167. The van der Waals surface area contributed by atoms with E-state index in [2.05, 4.69) is 20.3 Å². The van der Waals surface area contributed by atoms with E-state index in [1.807, 2.05) is 19.1 Å². The number of aromatic nitrogens is 3. The monoisotopic (exact) mass is 259 g/mol. The third-order valence-corrected chi connectivity index (χ3v) is 2.52. The molecule has 0 aromatic carbocycles. The van der Waals surface area contributed by atoms with E-state index in [1.165, 1.54) is 0 Å². The van der Waals surface area contributed by atoms with Gasteiger partial charge in [0.05, 0.1) is 0 Å². The molecule has 3 N–H and O–H groups in total. The maximum atomic E-state index is 5.56. The molecule has 92 valence electrons. The van der Waals surface area contributed by atoms with Crippen LogP contribution in [0, 0.1) is 6.92 Å². The Kier molecular flexibility index (Phi) is 3.78. The Labute approximate surface area is 110 Å². The number of nitrogens with zero attached hydrogens (tertiary/aromatic N) is 3. The van der Waals surface area contributed by atoms with Gasteiger partial charge in [0.1, 0.15) is 10.7 Å². The average molecular weight is 259 g/mol. The molecule has 0 bridgehead atoms. The molecule has 6 heteroatoms. The van der Waals surface area contributed by atoms with E-state index in [9.17, 15) is 0 Å². The second-order valence-corrected chi connectivity index (χ2v) is 4.23. The molecule has 0 aliphatic carbocycles. The molecule has 2 aromatic rings. The first kappa shape index (κ1) is 12.4. The van der Waals surface area contributed by atoms with Crippen LogP contribution in [-0.4, -0.2) is 19.9 Å². The number of aryl methyl sites for hydroxylation is 1. The molecule has 0 spiro atoms. The maximum absolute atomic E-state index is 5.56. The van der Waals surface area contributed by atoms with Crippen LogP contribution in [0.1, 0.15) is 17.0 Å². The number of rotatable bonds is 4. The Hall–Kier alpha value is -2.08. The first-order valence-electron chi connectivity index (χ1n) is 5.43. The molecule has 0 aliphatic rings. The van der Waals surface area contributed by atoms with Gasteiger partial charge in [-0.3, -0.25) is 4.98 Å². The number of nitrogens with one attached hydrogen (secondary N) is 1.